The van der Waals surface area contributed by atoms with E-state index in [1.165, 1.54) is 5.56 Å². The van der Waals surface area contributed by atoms with Crippen LogP contribution in [-0.2, 0) is 6.54 Å². The highest BCUT2D eigenvalue weighted by atomic mass is 79.9. The molecular formula is C16H21BrN4S. The molecule has 4 nitrogen and oxygen atoms in total. The summed E-state index contributed by atoms with van der Waals surface area (Å²) in [5.41, 5.74) is 4.44. The van der Waals surface area contributed by atoms with Crippen LogP contribution in [0.25, 0.3) is 0 Å². The molecule has 118 valence electrons. The maximum Gasteiger partial charge on any atom is 0.170 e. The molecule has 2 rings (SSSR count). The van der Waals surface area contributed by atoms with Crippen LogP contribution < -0.4 is 10.6 Å². The Balaban J connectivity index is 1.73. The Morgan fingerprint density at radius 2 is 1.91 bits per heavy atom. The lowest BCUT2D eigenvalue weighted by Gasteiger charge is -2.11. The highest BCUT2D eigenvalue weighted by Gasteiger charge is 2.07. The van der Waals surface area contributed by atoms with Crippen molar-refractivity contribution in [3.8, 4) is 0 Å². The number of hydrogen-bond donors (Lipinski definition) is 2. The summed E-state index contributed by atoms with van der Waals surface area (Å²) in [7, 11) is 0. The largest absolute Gasteiger partial charge is 0.362 e. The van der Waals surface area contributed by atoms with Crippen LogP contribution in [-0.4, -0.2) is 21.4 Å². The van der Waals surface area contributed by atoms with Gasteiger partial charge in [0.25, 0.3) is 0 Å². The van der Waals surface area contributed by atoms with Gasteiger partial charge in [0.05, 0.1) is 10.2 Å². The lowest BCUT2D eigenvalue weighted by molar-refractivity contribution is 0.558. The summed E-state index contributed by atoms with van der Waals surface area (Å²) in [6.07, 6.45) is 0.962. The summed E-state index contributed by atoms with van der Waals surface area (Å²) in [5.74, 6) is 0. The first-order valence-corrected chi connectivity index (χ1v) is 8.48. The molecule has 1 heterocycles. The third-order valence-corrected chi connectivity index (χ3v) is 4.83. The van der Waals surface area contributed by atoms with Gasteiger partial charge in [-0.1, -0.05) is 17.7 Å². The Kier molecular flexibility index (Phi) is 5.97. The van der Waals surface area contributed by atoms with Crippen LogP contribution in [0.2, 0.25) is 0 Å². The molecule has 0 atom stereocenters. The van der Waals surface area contributed by atoms with Gasteiger partial charge in [0.15, 0.2) is 5.11 Å². The number of aromatic nitrogens is 2. The monoisotopic (exact) mass is 380 g/mol. The number of rotatable bonds is 5. The smallest absolute Gasteiger partial charge is 0.170 e. The molecule has 0 bridgehead atoms. The zero-order chi connectivity index (χ0) is 16.1. The van der Waals surface area contributed by atoms with E-state index in [2.05, 4.69) is 57.6 Å². The fourth-order valence-corrected chi connectivity index (χ4v) is 2.64. The van der Waals surface area contributed by atoms with E-state index in [0.717, 1.165) is 41.1 Å². The number of nitrogens with zero attached hydrogens (tertiary/aromatic N) is 2. The second-order valence-electron chi connectivity index (χ2n) is 5.31. The molecule has 1 aromatic heterocycles. The van der Waals surface area contributed by atoms with E-state index in [1.807, 2.05) is 23.7 Å². The van der Waals surface area contributed by atoms with Crippen LogP contribution in [0.4, 0.5) is 5.69 Å². The first kappa shape index (κ1) is 17.0. The van der Waals surface area contributed by atoms with Gasteiger partial charge >= 0.3 is 0 Å². The molecule has 1 aromatic carbocycles. The summed E-state index contributed by atoms with van der Waals surface area (Å²) in [6.45, 7) is 7.83. The molecule has 0 amide bonds. The van der Waals surface area contributed by atoms with Crippen molar-refractivity contribution in [1.82, 2.24) is 15.1 Å². The molecule has 22 heavy (non-hydrogen) atoms. The molecule has 0 spiro atoms. The molecule has 0 aliphatic rings. The predicted octanol–water partition coefficient (Wildman–Crippen LogP) is 3.95. The number of nitrogens with one attached hydrogen (secondary N) is 2. The summed E-state index contributed by atoms with van der Waals surface area (Å²) < 4.78 is 3.12. The highest BCUT2D eigenvalue weighted by molar-refractivity contribution is 9.10. The Bertz CT molecular complexity index is 649. The Morgan fingerprint density at radius 1 is 1.23 bits per heavy atom. The minimum absolute atomic E-state index is 0.651. The van der Waals surface area contributed by atoms with Gasteiger partial charge in [0, 0.05) is 24.5 Å². The number of hydrogen-bond acceptors (Lipinski definition) is 2. The maximum atomic E-state index is 5.30. The second kappa shape index (κ2) is 7.74. The fourth-order valence-electron chi connectivity index (χ4n) is 2.14. The van der Waals surface area contributed by atoms with E-state index in [4.69, 9.17) is 12.2 Å². The lowest BCUT2D eigenvalue weighted by Crippen LogP contribution is -2.29. The van der Waals surface area contributed by atoms with Crippen molar-refractivity contribution in [2.75, 3.05) is 11.9 Å². The molecule has 0 aliphatic heterocycles. The summed E-state index contributed by atoms with van der Waals surface area (Å²) in [5, 5.41) is 11.6. The minimum atomic E-state index is 0.651. The van der Waals surface area contributed by atoms with E-state index in [-0.39, 0.29) is 0 Å². The third kappa shape index (κ3) is 4.55. The molecule has 0 unspecified atom stereocenters. The van der Waals surface area contributed by atoms with E-state index >= 15 is 0 Å². The van der Waals surface area contributed by atoms with Crippen molar-refractivity contribution in [1.29, 1.82) is 0 Å². The molecule has 0 fully saturated rings. The normalized spacial score (nSPS) is 10.5. The number of anilines is 1. The number of halogens is 1. The van der Waals surface area contributed by atoms with E-state index in [1.54, 1.807) is 0 Å². The first-order chi connectivity index (χ1) is 10.5. The molecule has 2 N–H and O–H groups in total. The van der Waals surface area contributed by atoms with Crippen molar-refractivity contribution in [3.05, 3.63) is 45.7 Å². The molecule has 6 heteroatoms. The Morgan fingerprint density at radius 3 is 2.50 bits per heavy atom. The Labute approximate surface area is 145 Å². The summed E-state index contributed by atoms with van der Waals surface area (Å²) in [4.78, 5) is 0. The van der Waals surface area contributed by atoms with Crippen LogP contribution in [0.15, 0.2) is 28.7 Å². The van der Waals surface area contributed by atoms with Crippen molar-refractivity contribution >= 4 is 38.9 Å². The summed E-state index contributed by atoms with van der Waals surface area (Å²) >= 11 is 8.84. The van der Waals surface area contributed by atoms with Crippen molar-refractivity contribution in [2.45, 2.75) is 33.7 Å². The van der Waals surface area contributed by atoms with Crippen LogP contribution in [0.1, 0.15) is 23.4 Å². The molecule has 0 radical (unpaired) electrons. The van der Waals surface area contributed by atoms with Gasteiger partial charge in [-0.2, -0.15) is 5.10 Å². The van der Waals surface area contributed by atoms with Crippen molar-refractivity contribution in [2.24, 2.45) is 0 Å². The van der Waals surface area contributed by atoms with E-state index in [9.17, 15) is 0 Å². The van der Waals surface area contributed by atoms with Crippen LogP contribution in [0.5, 0.6) is 0 Å². The topological polar surface area (TPSA) is 41.9 Å². The van der Waals surface area contributed by atoms with Gasteiger partial charge in [0.2, 0.25) is 0 Å². The predicted molar refractivity (Wildman–Crippen MR) is 99.4 cm³/mol. The molecule has 2 aromatic rings. The molecule has 0 saturated carbocycles. The SMILES string of the molecule is Cc1ccc(NC(=S)NCCCn2nc(C)c(Br)c2C)cc1. The third-order valence-electron chi connectivity index (χ3n) is 3.43. The number of aryl methyl sites for hydroxylation is 3. The van der Waals surface area contributed by atoms with Gasteiger partial charge in [-0.15, -0.1) is 0 Å². The van der Waals surface area contributed by atoms with Crippen LogP contribution in [0, 0.1) is 20.8 Å². The molecule has 0 aliphatic carbocycles. The molecule has 0 saturated heterocycles. The zero-order valence-corrected chi connectivity index (χ0v) is 15.5. The summed E-state index contributed by atoms with van der Waals surface area (Å²) in [6, 6.07) is 8.17. The quantitative estimate of drug-likeness (QED) is 0.608. The van der Waals surface area contributed by atoms with Gasteiger partial charge < -0.3 is 10.6 Å². The average Bonchev–Trinajstić information content (AvgIpc) is 2.73. The van der Waals surface area contributed by atoms with Gasteiger partial charge in [-0.05, 0) is 67.5 Å². The minimum Gasteiger partial charge on any atom is -0.362 e. The van der Waals surface area contributed by atoms with Crippen molar-refractivity contribution in [3.63, 3.8) is 0 Å². The van der Waals surface area contributed by atoms with E-state index in [0.29, 0.717) is 5.11 Å². The van der Waals surface area contributed by atoms with Gasteiger partial charge in [0.1, 0.15) is 0 Å². The second-order valence-corrected chi connectivity index (χ2v) is 6.51. The van der Waals surface area contributed by atoms with Crippen molar-refractivity contribution < 1.29 is 0 Å². The fraction of sp³-hybridized carbons (Fsp3) is 0.375. The van der Waals surface area contributed by atoms with Gasteiger partial charge in [-0.25, -0.2) is 0 Å². The zero-order valence-electron chi connectivity index (χ0n) is 13.1. The van der Waals surface area contributed by atoms with E-state index < -0.39 is 0 Å². The Hall–Kier alpha value is -1.40. The highest BCUT2D eigenvalue weighted by Crippen LogP contribution is 2.19. The average molecular weight is 381 g/mol. The number of benzene rings is 1. The van der Waals surface area contributed by atoms with Crippen LogP contribution >= 0.6 is 28.1 Å². The lowest BCUT2D eigenvalue weighted by atomic mass is 10.2. The van der Waals surface area contributed by atoms with Crippen LogP contribution in [0.3, 0.4) is 0 Å². The standard InChI is InChI=1S/C16H21BrN4S/c1-11-5-7-14(8-6-11)19-16(22)18-9-4-10-21-13(3)15(17)12(2)20-21/h5-8H,4,9-10H2,1-3H3,(H2,18,19,22). The maximum absolute atomic E-state index is 5.30. The van der Waals surface area contributed by atoms with Gasteiger partial charge in [-0.3, -0.25) is 4.68 Å². The number of thiocarbonyl (C=S) groups is 1. The first-order valence-electron chi connectivity index (χ1n) is 7.28. The molecular weight excluding hydrogens is 360 g/mol.